The van der Waals surface area contributed by atoms with Crippen LogP contribution in [0.4, 0.5) is 0 Å². The summed E-state index contributed by atoms with van der Waals surface area (Å²) in [4.78, 5) is 17.6. The number of amides is 1. The van der Waals surface area contributed by atoms with E-state index in [2.05, 4.69) is 4.98 Å². The Morgan fingerprint density at radius 3 is 2.94 bits per heavy atom. The molecule has 0 aliphatic carbocycles. The molecule has 1 aromatic heterocycles. The van der Waals surface area contributed by atoms with Crippen LogP contribution in [0.3, 0.4) is 0 Å². The lowest BCUT2D eigenvalue weighted by Crippen LogP contribution is -2.30. The van der Waals surface area contributed by atoms with Crippen molar-refractivity contribution in [3.8, 4) is 0 Å². The summed E-state index contributed by atoms with van der Waals surface area (Å²) < 4.78 is 0. The summed E-state index contributed by atoms with van der Waals surface area (Å²) in [6, 6.07) is 3.47. The number of hydrogen-bond donors (Lipinski definition) is 2. The van der Waals surface area contributed by atoms with Crippen molar-refractivity contribution < 1.29 is 9.90 Å². The third-order valence-corrected chi connectivity index (χ3v) is 2.73. The van der Waals surface area contributed by atoms with Gasteiger partial charge in [-0.1, -0.05) is 6.07 Å². The fourth-order valence-corrected chi connectivity index (χ4v) is 1.76. The van der Waals surface area contributed by atoms with Crippen molar-refractivity contribution in [2.45, 2.75) is 19.1 Å². The molecule has 1 aromatic rings. The maximum Gasteiger partial charge on any atom is 0.272 e. The molecular weight excluding hydrogens is 206 g/mol. The quantitative estimate of drug-likeness (QED) is 0.721. The van der Waals surface area contributed by atoms with E-state index >= 15 is 0 Å². The monoisotopic (exact) mass is 221 g/mol. The van der Waals surface area contributed by atoms with Crippen LogP contribution < -0.4 is 5.73 Å². The van der Waals surface area contributed by atoms with Gasteiger partial charge >= 0.3 is 0 Å². The average molecular weight is 221 g/mol. The molecule has 0 radical (unpaired) electrons. The van der Waals surface area contributed by atoms with Gasteiger partial charge in [0.2, 0.25) is 0 Å². The highest BCUT2D eigenvalue weighted by Gasteiger charge is 2.25. The average Bonchev–Trinajstić information content (AvgIpc) is 2.75. The third kappa shape index (κ3) is 2.20. The van der Waals surface area contributed by atoms with E-state index in [1.165, 1.54) is 0 Å². The first-order chi connectivity index (χ1) is 7.70. The molecule has 2 heterocycles. The Hall–Kier alpha value is -1.46. The minimum absolute atomic E-state index is 0.125. The maximum absolute atomic E-state index is 11.9. The van der Waals surface area contributed by atoms with Gasteiger partial charge in [-0.05, 0) is 18.1 Å². The minimum atomic E-state index is -0.396. The summed E-state index contributed by atoms with van der Waals surface area (Å²) in [5, 5.41) is 9.35. The second-order valence-electron chi connectivity index (χ2n) is 3.95. The SMILES string of the molecule is NCc1ccc(C(=O)N2CC[C@@H](O)C2)nc1. The molecule has 1 aliphatic heterocycles. The van der Waals surface area contributed by atoms with E-state index < -0.39 is 6.10 Å². The molecule has 1 atom stereocenters. The zero-order chi connectivity index (χ0) is 11.5. The van der Waals surface area contributed by atoms with Crippen molar-refractivity contribution in [1.29, 1.82) is 0 Å². The van der Waals surface area contributed by atoms with Crippen LogP contribution in [0, 0.1) is 0 Å². The summed E-state index contributed by atoms with van der Waals surface area (Å²) in [5.74, 6) is -0.125. The van der Waals surface area contributed by atoms with Gasteiger partial charge in [0.1, 0.15) is 5.69 Å². The number of nitrogens with two attached hydrogens (primary N) is 1. The highest BCUT2D eigenvalue weighted by molar-refractivity contribution is 5.92. The molecule has 1 amide bonds. The van der Waals surface area contributed by atoms with E-state index in [9.17, 15) is 9.90 Å². The summed E-state index contributed by atoms with van der Waals surface area (Å²) in [6.45, 7) is 1.42. The van der Waals surface area contributed by atoms with Gasteiger partial charge in [-0.15, -0.1) is 0 Å². The number of hydrogen-bond acceptors (Lipinski definition) is 4. The molecule has 0 saturated carbocycles. The van der Waals surface area contributed by atoms with Gasteiger partial charge in [0.15, 0.2) is 0 Å². The zero-order valence-corrected chi connectivity index (χ0v) is 8.97. The molecule has 2 rings (SSSR count). The fourth-order valence-electron chi connectivity index (χ4n) is 1.76. The third-order valence-electron chi connectivity index (χ3n) is 2.73. The van der Waals surface area contributed by atoms with E-state index in [4.69, 9.17) is 5.73 Å². The molecule has 0 aromatic carbocycles. The molecule has 1 saturated heterocycles. The smallest absolute Gasteiger partial charge is 0.272 e. The van der Waals surface area contributed by atoms with Gasteiger partial charge in [0.05, 0.1) is 6.10 Å². The maximum atomic E-state index is 11.9. The molecule has 5 heteroatoms. The van der Waals surface area contributed by atoms with Crippen LogP contribution in [0.15, 0.2) is 18.3 Å². The number of carbonyl (C=O) groups is 1. The molecule has 0 bridgehead atoms. The molecule has 16 heavy (non-hydrogen) atoms. The zero-order valence-electron chi connectivity index (χ0n) is 8.97. The Bertz CT molecular complexity index is 377. The normalized spacial score (nSPS) is 20.1. The second-order valence-corrected chi connectivity index (χ2v) is 3.95. The first kappa shape index (κ1) is 11.0. The molecular formula is C11H15N3O2. The summed E-state index contributed by atoms with van der Waals surface area (Å²) in [5.41, 5.74) is 6.76. The van der Waals surface area contributed by atoms with E-state index in [0.717, 1.165) is 5.56 Å². The molecule has 0 spiro atoms. The molecule has 5 nitrogen and oxygen atoms in total. The standard InChI is InChI=1S/C11H15N3O2/c12-5-8-1-2-10(13-6-8)11(16)14-4-3-9(15)7-14/h1-2,6,9,15H,3-5,7,12H2/t9-/m1/s1. The largest absolute Gasteiger partial charge is 0.391 e. The lowest BCUT2D eigenvalue weighted by molar-refractivity contribution is 0.0759. The van der Waals surface area contributed by atoms with E-state index in [1.54, 1.807) is 23.2 Å². The minimum Gasteiger partial charge on any atom is -0.391 e. The van der Waals surface area contributed by atoms with Crippen LogP contribution in [0.1, 0.15) is 22.5 Å². The fraction of sp³-hybridized carbons (Fsp3) is 0.455. The number of aliphatic hydroxyl groups excluding tert-OH is 1. The van der Waals surface area contributed by atoms with Gasteiger partial charge in [-0.2, -0.15) is 0 Å². The van der Waals surface area contributed by atoms with Crippen molar-refractivity contribution in [2.24, 2.45) is 5.73 Å². The Morgan fingerprint density at radius 1 is 1.62 bits per heavy atom. The number of β-amino-alcohol motifs (C(OH)–C–C–N with tert-alkyl or cyclic N) is 1. The van der Waals surface area contributed by atoms with Crippen LogP contribution in [0.5, 0.6) is 0 Å². The summed E-state index contributed by atoms with van der Waals surface area (Å²) in [6.07, 6.45) is 1.86. The molecule has 1 fully saturated rings. The number of rotatable bonds is 2. The van der Waals surface area contributed by atoms with Crippen molar-refractivity contribution in [2.75, 3.05) is 13.1 Å². The van der Waals surface area contributed by atoms with Crippen molar-refractivity contribution in [1.82, 2.24) is 9.88 Å². The summed E-state index contributed by atoms with van der Waals surface area (Å²) >= 11 is 0. The van der Waals surface area contributed by atoms with Crippen molar-refractivity contribution >= 4 is 5.91 Å². The number of aromatic nitrogens is 1. The van der Waals surface area contributed by atoms with Crippen molar-refractivity contribution in [3.63, 3.8) is 0 Å². The first-order valence-corrected chi connectivity index (χ1v) is 5.33. The first-order valence-electron chi connectivity index (χ1n) is 5.33. The van der Waals surface area contributed by atoms with Gasteiger partial charge in [0, 0.05) is 25.8 Å². The predicted octanol–water partition coefficient (Wildman–Crippen LogP) is -0.253. The number of nitrogens with zero attached hydrogens (tertiary/aromatic N) is 2. The Labute approximate surface area is 93.9 Å². The van der Waals surface area contributed by atoms with Gasteiger partial charge in [-0.25, -0.2) is 0 Å². The van der Waals surface area contributed by atoms with Crippen LogP contribution in [0.25, 0.3) is 0 Å². The molecule has 0 unspecified atom stereocenters. The predicted molar refractivity (Wildman–Crippen MR) is 58.7 cm³/mol. The lowest BCUT2D eigenvalue weighted by atomic mass is 10.2. The number of carbonyl (C=O) groups excluding carboxylic acids is 1. The number of likely N-dealkylation sites (tertiary alicyclic amines) is 1. The Kier molecular flexibility index (Phi) is 3.17. The lowest BCUT2D eigenvalue weighted by Gasteiger charge is -2.14. The van der Waals surface area contributed by atoms with E-state index in [-0.39, 0.29) is 5.91 Å². The van der Waals surface area contributed by atoms with Crippen LogP contribution >= 0.6 is 0 Å². The number of aliphatic hydroxyl groups is 1. The van der Waals surface area contributed by atoms with E-state index in [1.807, 2.05) is 0 Å². The van der Waals surface area contributed by atoms with Crippen molar-refractivity contribution in [3.05, 3.63) is 29.6 Å². The van der Waals surface area contributed by atoms with Crippen LogP contribution in [-0.2, 0) is 6.54 Å². The Morgan fingerprint density at radius 2 is 2.44 bits per heavy atom. The van der Waals surface area contributed by atoms with Gasteiger partial charge in [-0.3, -0.25) is 9.78 Å². The topological polar surface area (TPSA) is 79.5 Å². The second kappa shape index (κ2) is 4.59. The molecule has 1 aliphatic rings. The highest BCUT2D eigenvalue weighted by atomic mass is 16.3. The van der Waals surface area contributed by atoms with Crippen LogP contribution in [-0.4, -0.2) is 40.1 Å². The van der Waals surface area contributed by atoms with Crippen LogP contribution in [0.2, 0.25) is 0 Å². The molecule has 3 N–H and O–H groups in total. The van der Waals surface area contributed by atoms with Gasteiger partial charge in [0.25, 0.3) is 5.91 Å². The Balaban J connectivity index is 2.08. The highest BCUT2D eigenvalue weighted by Crippen LogP contribution is 2.12. The summed E-state index contributed by atoms with van der Waals surface area (Å²) in [7, 11) is 0. The molecule has 86 valence electrons. The number of pyridine rings is 1. The van der Waals surface area contributed by atoms with Gasteiger partial charge < -0.3 is 15.7 Å². The van der Waals surface area contributed by atoms with E-state index in [0.29, 0.717) is 31.7 Å².